The summed E-state index contributed by atoms with van der Waals surface area (Å²) in [4.78, 5) is 0.0627. The highest BCUT2D eigenvalue weighted by atomic mass is 32.2. The molecule has 0 amide bonds. The van der Waals surface area contributed by atoms with Gasteiger partial charge in [0, 0.05) is 25.0 Å². The summed E-state index contributed by atoms with van der Waals surface area (Å²) in [5.74, 6) is -0.0742. The molecule has 1 aliphatic heterocycles. The predicted molar refractivity (Wildman–Crippen MR) is 98.6 cm³/mol. The SMILES string of the molecule is CNS(=O)(=O)c1ccc(S(=O)(=O)N2C[C@@H](N)[C@H](c3ccccc3)C2)cc1. The minimum atomic E-state index is -3.74. The Balaban J connectivity index is 1.85. The van der Waals surface area contributed by atoms with Gasteiger partial charge >= 0.3 is 0 Å². The van der Waals surface area contributed by atoms with Gasteiger partial charge in [-0.05, 0) is 36.9 Å². The number of nitrogens with zero attached hydrogens (tertiary/aromatic N) is 1. The van der Waals surface area contributed by atoms with Crippen LogP contribution in [0.1, 0.15) is 11.5 Å². The van der Waals surface area contributed by atoms with Crippen molar-refractivity contribution in [1.82, 2.24) is 9.03 Å². The van der Waals surface area contributed by atoms with E-state index in [1.165, 1.54) is 35.6 Å². The summed E-state index contributed by atoms with van der Waals surface area (Å²) in [6.07, 6.45) is 0. The monoisotopic (exact) mass is 395 g/mol. The lowest BCUT2D eigenvalue weighted by molar-refractivity contribution is 0.470. The molecule has 0 radical (unpaired) electrons. The van der Waals surface area contributed by atoms with Gasteiger partial charge in [0.15, 0.2) is 0 Å². The maximum absolute atomic E-state index is 12.9. The van der Waals surface area contributed by atoms with E-state index >= 15 is 0 Å². The lowest BCUT2D eigenvalue weighted by atomic mass is 9.95. The van der Waals surface area contributed by atoms with Gasteiger partial charge in [-0.3, -0.25) is 0 Å². The molecule has 9 heteroatoms. The third-order valence-electron chi connectivity index (χ3n) is 4.60. The van der Waals surface area contributed by atoms with Crippen LogP contribution in [0.25, 0.3) is 0 Å². The second kappa shape index (κ2) is 7.09. The number of sulfonamides is 2. The molecule has 0 unspecified atom stereocenters. The molecular weight excluding hydrogens is 374 g/mol. The van der Waals surface area contributed by atoms with Crippen LogP contribution in [0.15, 0.2) is 64.4 Å². The van der Waals surface area contributed by atoms with Gasteiger partial charge in [0.05, 0.1) is 9.79 Å². The van der Waals surface area contributed by atoms with E-state index in [0.717, 1.165) is 5.56 Å². The van der Waals surface area contributed by atoms with E-state index in [1.54, 1.807) is 0 Å². The summed E-state index contributed by atoms with van der Waals surface area (Å²) >= 11 is 0. The molecule has 1 aliphatic rings. The fourth-order valence-electron chi connectivity index (χ4n) is 3.10. The maximum Gasteiger partial charge on any atom is 0.243 e. The first-order valence-electron chi connectivity index (χ1n) is 8.10. The smallest absolute Gasteiger partial charge is 0.243 e. The Morgan fingerprint density at radius 3 is 2.08 bits per heavy atom. The van der Waals surface area contributed by atoms with E-state index in [4.69, 9.17) is 5.73 Å². The van der Waals surface area contributed by atoms with Gasteiger partial charge in [0.1, 0.15) is 0 Å². The summed E-state index contributed by atoms with van der Waals surface area (Å²) in [6.45, 7) is 0.516. The molecule has 7 nitrogen and oxygen atoms in total. The molecule has 0 bridgehead atoms. The molecule has 2 atom stereocenters. The zero-order chi connectivity index (χ0) is 18.9. The highest BCUT2D eigenvalue weighted by Crippen LogP contribution is 2.30. The number of nitrogens with two attached hydrogens (primary N) is 1. The molecule has 26 heavy (non-hydrogen) atoms. The van der Waals surface area contributed by atoms with Crippen molar-refractivity contribution < 1.29 is 16.8 Å². The highest BCUT2D eigenvalue weighted by molar-refractivity contribution is 7.89. The Morgan fingerprint density at radius 2 is 1.50 bits per heavy atom. The van der Waals surface area contributed by atoms with Gasteiger partial charge in [-0.1, -0.05) is 30.3 Å². The number of rotatable bonds is 5. The molecule has 2 aromatic carbocycles. The standard InChI is InChI=1S/C17H21N3O4S2/c1-19-25(21,22)14-7-9-15(10-8-14)26(23,24)20-11-16(17(18)12-20)13-5-3-2-4-6-13/h2-10,16-17,19H,11-12,18H2,1H3/t16-,17+/m0/s1. The molecule has 0 saturated carbocycles. The first-order chi connectivity index (χ1) is 12.3. The van der Waals surface area contributed by atoms with Crippen LogP contribution in [0.2, 0.25) is 0 Å². The number of hydrogen-bond acceptors (Lipinski definition) is 5. The minimum Gasteiger partial charge on any atom is -0.326 e. The quantitative estimate of drug-likeness (QED) is 0.775. The van der Waals surface area contributed by atoms with E-state index in [0.29, 0.717) is 6.54 Å². The Morgan fingerprint density at radius 1 is 0.923 bits per heavy atom. The van der Waals surface area contributed by atoms with Gasteiger partial charge < -0.3 is 5.73 Å². The summed E-state index contributed by atoms with van der Waals surface area (Å²) in [6, 6.07) is 14.5. The topological polar surface area (TPSA) is 110 Å². The molecule has 0 spiro atoms. The van der Waals surface area contributed by atoms with Crippen LogP contribution in [0, 0.1) is 0 Å². The van der Waals surface area contributed by atoms with Crippen LogP contribution in [0.5, 0.6) is 0 Å². The molecule has 1 heterocycles. The van der Waals surface area contributed by atoms with Crippen LogP contribution in [0.3, 0.4) is 0 Å². The average Bonchev–Trinajstić information content (AvgIpc) is 3.05. The Labute approximate surface area is 153 Å². The zero-order valence-electron chi connectivity index (χ0n) is 14.2. The molecule has 2 aromatic rings. The van der Waals surface area contributed by atoms with Crippen LogP contribution >= 0.6 is 0 Å². The van der Waals surface area contributed by atoms with Gasteiger partial charge in [-0.25, -0.2) is 21.6 Å². The van der Waals surface area contributed by atoms with Crippen molar-refractivity contribution in [3.05, 3.63) is 60.2 Å². The molecule has 140 valence electrons. The van der Waals surface area contributed by atoms with Crippen molar-refractivity contribution in [3.63, 3.8) is 0 Å². The van der Waals surface area contributed by atoms with Crippen LogP contribution in [-0.2, 0) is 20.0 Å². The summed E-state index contributed by atoms with van der Waals surface area (Å²) in [5.41, 5.74) is 7.19. The molecule has 1 fully saturated rings. The zero-order valence-corrected chi connectivity index (χ0v) is 15.9. The normalized spacial score (nSPS) is 21.8. The van der Waals surface area contributed by atoms with Crippen molar-refractivity contribution >= 4 is 20.0 Å². The van der Waals surface area contributed by atoms with Crippen LogP contribution in [-0.4, -0.2) is 47.3 Å². The van der Waals surface area contributed by atoms with Crippen molar-refractivity contribution in [2.45, 2.75) is 21.8 Å². The summed E-state index contributed by atoms with van der Waals surface area (Å²) in [5, 5.41) is 0. The van der Waals surface area contributed by atoms with Crippen molar-refractivity contribution in [3.8, 4) is 0 Å². The van der Waals surface area contributed by atoms with Gasteiger partial charge in [-0.15, -0.1) is 0 Å². The third kappa shape index (κ3) is 3.53. The number of hydrogen-bond donors (Lipinski definition) is 2. The van der Waals surface area contributed by atoms with E-state index in [1.807, 2.05) is 30.3 Å². The Hall–Kier alpha value is -1.78. The lowest BCUT2D eigenvalue weighted by Gasteiger charge is -2.17. The van der Waals surface area contributed by atoms with Crippen molar-refractivity contribution in [2.75, 3.05) is 20.1 Å². The first-order valence-corrected chi connectivity index (χ1v) is 11.0. The van der Waals surface area contributed by atoms with Gasteiger partial charge in [-0.2, -0.15) is 4.31 Å². The van der Waals surface area contributed by atoms with Crippen LogP contribution < -0.4 is 10.5 Å². The van der Waals surface area contributed by atoms with E-state index in [9.17, 15) is 16.8 Å². The van der Waals surface area contributed by atoms with Gasteiger partial charge in [0.25, 0.3) is 0 Å². The summed E-state index contributed by atoms with van der Waals surface area (Å²) in [7, 11) is -6.05. The Kier molecular flexibility index (Phi) is 5.18. The predicted octanol–water partition coefficient (Wildman–Crippen LogP) is 0.710. The summed E-state index contributed by atoms with van der Waals surface area (Å²) < 4.78 is 52.9. The molecule has 0 aliphatic carbocycles. The molecule has 3 rings (SSSR count). The highest BCUT2D eigenvalue weighted by Gasteiger charge is 2.38. The fraction of sp³-hybridized carbons (Fsp3) is 0.294. The molecular formula is C17H21N3O4S2. The van der Waals surface area contributed by atoms with E-state index in [2.05, 4.69) is 4.72 Å². The number of benzene rings is 2. The maximum atomic E-state index is 12.9. The minimum absolute atomic E-state index is 0.0132. The third-order valence-corrected chi connectivity index (χ3v) is 7.88. The van der Waals surface area contributed by atoms with Crippen molar-refractivity contribution in [2.24, 2.45) is 5.73 Å². The second-order valence-corrected chi connectivity index (χ2v) is 10.0. The van der Waals surface area contributed by atoms with E-state index in [-0.39, 0.29) is 28.3 Å². The Bertz CT molecular complexity index is 974. The molecule has 1 saturated heterocycles. The van der Waals surface area contributed by atoms with E-state index < -0.39 is 20.0 Å². The molecule has 0 aromatic heterocycles. The average molecular weight is 396 g/mol. The second-order valence-electron chi connectivity index (χ2n) is 6.18. The lowest BCUT2D eigenvalue weighted by Crippen LogP contribution is -2.32. The molecule has 3 N–H and O–H groups in total. The first kappa shape index (κ1) is 19.0. The fourth-order valence-corrected chi connectivity index (χ4v) is 5.33. The largest absolute Gasteiger partial charge is 0.326 e. The van der Waals surface area contributed by atoms with Gasteiger partial charge in [0.2, 0.25) is 20.0 Å². The van der Waals surface area contributed by atoms with Crippen molar-refractivity contribution in [1.29, 1.82) is 0 Å². The van der Waals surface area contributed by atoms with Crippen LogP contribution in [0.4, 0.5) is 0 Å². The number of nitrogens with one attached hydrogen (secondary N) is 1.